The molecule has 0 radical (unpaired) electrons. The van der Waals surface area contributed by atoms with Gasteiger partial charge in [-0.05, 0) is 37.5 Å². The number of nitrogens with two attached hydrogens (primary N) is 1. The fraction of sp³-hybridized carbons (Fsp3) is 0.385. The lowest BCUT2D eigenvalue weighted by Crippen LogP contribution is -2.20. The molecule has 2 rings (SSSR count). The minimum atomic E-state index is 0.279. The monoisotopic (exact) mass is 226 g/mol. The summed E-state index contributed by atoms with van der Waals surface area (Å²) in [6, 6.07) is 9.93. The van der Waals surface area contributed by atoms with Gasteiger partial charge in [0, 0.05) is 17.8 Å². The van der Waals surface area contributed by atoms with E-state index in [1.54, 1.807) is 12.1 Å². The van der Waals surface area contributed by atoms with Gasteiger partial charge in [0.05, 0.1) is 11.1 Å². The highest BCUT2D eigenvalue weighted by Gasteiger charge is 2.21. The first-order valence-electron chi connectivity index (χ1n) is 5.69. The second kappa shape index (κ2) is 4.86. The Labute approximate surface area is 101 Å². The van der Waals surface area contributed by atoms with Crippen LogP contribution in [0.25, 0.3) is 0 Å². The molecule has 1 aliphatic rings. The number of hydrogen-bond donors (Lipinski definition) is 2. The summed E-state index contributed by atoms with van der Waals surface area (Å²) in [7, 11) is 0. The normalized spacial score (nSPS) is 22.8. The molecule has 0 amide bonds. The lowest BCUT2D eigenvalue weighted by atomic mass is 10.1. The van der Waals surface area contributed by atoms with Crippen LogP contribution in [-0.4, -0.2) is 12.1 Å². The summed E-state index contributed by atoms with van der Waals surface area (Å²) in [5, 5.41) is 21.1. The summed E-state index contributed by atoms with van der Waals surface area (Å²) in [6.07, 6.45) is 3.06. The van der Waals surface area contributed by atoms with Crippen molar-refractivity contribution in [1.82, 2.24) is 0 Å². The van der Waals surface area contributed by atoms with Crippen molar-refractivity contribution < 1.29 is 0 Å². The second-order valence-electron chi connectivity index (χ2n) is 4.40. The van der Waals surface area contributed by atoms with E-state index in [0.717, 1.165) is 24.9 Å². The smallest absolute Gasteiger partial charge is 0.101 e. The molecule has 4 heteroatoms. The van der Waals surface area contributed by atoms with Gasteiger partial charge >= 0.3 is 0 Å². The molecule has 1 aromatic rings. The fourth-order valence-electron chi connectivity index (χ4n) is 2.21. The van der Waals surface area contributed by atoms with Gasteiger partial charge in [0.25, 0.3) is 0 Å². The van der Waals surface area contributed by atoms with Crippen molar-refractivity contribution in [2.24, 2.45) is 5.73 Å². The van der Waals surface area contributed by atoms with E-state index in [1.165, 1.54) is 0 Å². The van der Waals surface area contributed by atoms with Crippen LogP contribution in [-0.2, 0) is 0 Å². The minimum absolute atomic E-state index is 0.279. The van der Waals surface area contributed by atoms with Crippen molar-refractivity contribution in [1.29, 1.82) is 10.5 Å². The molecule has 0 saturated heterocycles. The molecule has 1 aliphatic carbocycles. The van der Waals surface area contributed by atoms with Gasteiger partial charge < -0.3 is 11.1 Å². The molecule has 2 atom stereocenters. The Morgan fingerprint density at radius 1 is 1.18 bits per heavy atom. The Bertz CT molecular complexity index is 495. The summed E-state index contributed by atoms with van der Waals surface area (Å²) >= 11 is 0. The van der Waals surface area contributed by atoms with Crippen LogP contribution >= 0.6 is 0 Å². The summed E-state index contributed by atoms with van der Waals surface area (Å²) in [4.78, 5) is 0. The van der Waals surface area contributed by atoms with Crippen LogP contribution in [0.3, 0.4) is 0 Å². The van der Waals surface area contributed by atoms with Crippen molar-refractivity contribution in [3.63, 3.8) is 0 Å². The molecule has 0 bridgehead atoms. The summed E-state index contributed by atoms with van der Waals surface area (Å²) in [5.74, 6) is 0. The quantitative estimate of drug-likeness (QED) is 0.804. The average molecular weight is 226 g/mol. The lowest BCUT2D eigenvalue weighted by Gasteiger charge is -2.14. The first-order valence-corrected chi connectivity index (χ1v) is 5.69. The highest BCUT2D eigenvalue weighted by atomic mass is 14.9. The molecule has 1 fully saturated rings. The van der Waals surface area contributed by atoms with Gasteiger partial charge in [-0.2, -0.15) is 10.5 Å². The Hall–Kier alpha value is -2.04. The van der Waals surface area contributed by atoms with Crippen LogP contribution in [0.5, 0.6) is 0 Å². The molecule has 1 aromatic carbocycles. The van der Waals surface area contributed by atoms with E-state index in [9.17, 15) is 0 Å². The average Bonchev–Trinajstić information content (AvgIpc) is 2.74. The number of benzene rings is 1. The Balaban J connectivity index is 2.13. The van der Waals surface area contributed by atoms with Gasteiger partial charge in [-0.1, -0.05) is 0 Å². The van der Waals surface area contributed by atoms with Crippen LogP contribution in [0.4, 0.5) is 5.69 Å². The van der Waals surface area contributed by atoms with Crippen molar-refractivity contribution in [3.8, 4) is 12.1 Å². The number of nitrogens with one attached hydrogen (secondary N) is 1. The molecule has 0 spiro atoms. The van der Waals surface area contributed by atoms with Crippen molar-refractivity contribution >= 4 is 5.69 Å². The second-order valence-corrected chi connectivity index (χ2v) is 4.40. The van der Waals surface area contributed by atoms with Crippen LogP contribution in [0.15, 0.2) is 18.2 Å². The molecule has 0 aliphatic heterocycles. The molecular formula is C13H14N4. The Morgan fingerprint density at radius 2 is 1.94 bits per heavy atom. The first kappa shape index (κ1) is 11.4. The van der Waals surface area contributed by atoms with E-state index >= 15 is 0 Å². The van der Waals surface area contributed by atoms with E-state index in [0.29, 0.717) is 17.2 Å². The van der Waals surface area contributed by atoms with Crippen LogP contribution in [0.1, 0.15) is 30.4 Å². The van der Waals surface area contributed by atoms with Gasteiger partial charge in [-0.25, -0.2) is 0 Å². The third kappa shape index (κ3) is 2.55. The Morgan fingerprint density at radius 3 is 2.53 bits per heavy atom. The van der Waals surface area contributed by atoms with Crippen molar-refractivity contribution in [2.45, 2.75) is 31.3 Å². The predicted octanol–water partition coefficient (Wildman–Crippen LogP) is 1.72. The third-order valence-electron chi connectivity index (χ3n) is 3.10. The molecular weight excluding hydrogens is 212 g/mol. The summed E-state index contributed by atoms with van der Waals surface area (Å²) < 4.78 is 0. The predicted molar refractivity (Wildman–Crippen MR) is 65.1 cm³/mol. The SMILES string of the molecule is N#Cc1ccc(NC2CCC(N)C2)cc1C#N. The highest BCUT2D eigenvalue weighted by molar-refractivity contribution is 5.56. The zero-order valence-electron chi connectivity index (χ0n) is 9.48. The van der Waals surface area contributed by atoms with Gasteiger partial charge in [-0.3, -0.25) is 0 Å². The van der Waals surface area contributed by atoms with Crippen molar-refractivity contribution in [3.05, 3.63) is 29.3 Å². The Kier molecular flexibility index (Phi) is 3.27. The third-order valence-corrected chi connectivity index (χ3v) is 3.10. The van der Waals surface area contributed by atoms with Gasteiger partial charge in [0.2, 0.25) is 0 Å². The lowest BCUT2D eigenvalue weighted by molar-refractivity contribution is 0.688. The maximum absolute atomic E-state index is 8.93. The number of nitriles is 2. The number of rotatable bonds is 2. The fourth-order valence-corrected chi connectivity index (χ4v) is 2.21. The van der Waals surface area contributed by atoms with Gasteiger partial charge in [0.15, 0.2) is 0 Å². The zero-order valence-corrected chi connectivity index (χ0v) is 9.48. The molecule has 1 saturated carbocycles. The van der Waals surface area contributed by atoms with E-state index in [1.807, 2.05) is 18.2 Å². The van der Waals surface area contributed by atoms with Crippen LogP contribution in [0, 0.1) is 22.7 Å². The molecule has 2 unspecified atom stereocenters. The van der Waals surface area contributed by atoms with E-state index < -0.39 is 0 Å². The van der Waals surface area contributed by atoms with E-state index in [4.69, 9.17) is 16.3 Å². The number of hydrogen-bond acceptors (Lipinski definition) is 4. The van der Waals surface area contributed by atoms with E-state index in [-0.39, 0.29) is 6.04 Å². The minimum Gasteiger partial charge on any atom is -0.382 e. The molecule has 86 valence electrons. The van der Waals surface area contributed by atoms with Gasteiger partial charge in [0.1, 0.15) is 12.1 Å². The highest BCUT2D eigenvalue weighted by Crippen LogP contribution is 2.23. The zero-order chi connectivity index (χ0) is 12.3. The summed E-state index contributed by atoms with van der Waals surface area (Å²) in [5.41, 5.74) is 7.57. The van der Waals surface area contributed by atoms with Gasteiger partial charge in [-0.15, -0.1) is 0 Å². The largest absolute Gasteiger partial charge is 0.382 e. The molecule has 0 aromatic heterocycles. The molecule has 17 heavy (non-hydrogen) atoms. The number of anilines is 1. The molecule has 4 nitrogen and oxygen atoms in total. The van der Waals surface area contributed by atoms with Crippen LogP contribution < -0.4 is 11.1 Å². The maximum Gasteiger partial charge on any atom is 0.101 e. The van der Waals surface area contributed by atoms with Crippen molar-refractivity contribution in [2.75, 3.05) is 5.32 Å². The van der Waals surface area contributed by atoms with E-state index in [2.05, 4.69) is 5.32 Å². The molecule has 0 heterocycles. The standard InChI is InChI=1S/C13H14N4/c14-7-9-1-3-12(5-10(9)8-15)17-13-4-2-11(16)6-13/h1,3,5,11,13,17H,2,4,6,16H2. The first-order chi connectivity index (χ1) is 8.22. The van der Waals surface area contributed by atoms with Crippen LogP contribution in [0.2, 0.25) is 0 Å². The summed E-state index contributed by atoms with van der Waals surface area (Å²) in [6.45, 7) is 0. The molecule has 3 N–H and O–H groups in total. The topological polar surface area (TPSA) is 85.6 Å². The number of nitrogens with zero attached hydrogens (tertiary/aromatic N) is 2. The maximum atomic E-state index is 8.93.